The summed E-state index contributed by atoms with van der Waals surface area (Å²) < 4.78 is 6.00. The van der Waals surface area contributed by atoms with Gasteiger partial charge in [0.2, 0.25) is 0 Å². The first-order valence-corrected chi connectivity index (χ1v) is 8.72. The number of ether oxygens (including phenoxy) is 1. The van der Waals surface area contributed by atoms with Gasteiger partial charge in [0.25, 0.3) is 0 Å². The maximum atomic E-state index is 6.00. The van der Waals surface area contributed by atoms with Crippen molar-refractivity contribution in [2.45, 2.75) is 24.4 Å². The van der Waals surface area contributed by atoms with Crippen LogP contribution in [0.4, 0.5) is 0 Å². The Morgan fingerprint density at radius 2 is 1.86 bits per heavy atom. The normalized spacial score (nSPS) is 20.7. The van der Waals surface area contributed by atoms with Gasteiger partial charge in [-0.15, -0.1) is 0 Å². The van der Waals surface area contributed by atoms with Crippen LogP contribution in [0.15, 0.2) is 54.6 Å². The number of alkyl halides is 1. The van der Waals surface area contributed by atoms with Crippen molar-refractivity contribution in [3.63, 3.8) is 0 Å². The predicted molar refractivity (Wildman–Crippen MR) is 94.3 cm³/mol. The summed E-state index contributed by atoms with van der Waals surface area (Å²) in [4.78, 5) is 2.72. The zero-order chi connectivity index (χ0) is 15.4. The van der Waals surface area contributed by atoms with Crippen molar-refractivity contribution in [2.75, 3.05) is 19.7 Å². The third kappa shape index (κ3) is 3.97. The second-order valence-electron chi connectivity index (χ2n) is 5.94. The molecule has 0 aliphatic carbocycles. The Labute approximate surface area is 141 Å². The molecule has 116 valence electrons. The van der Waals surface area contributed by atoms with Crippen molar-refractivity contribution in [2.24, 2.45) is 0 Å². The van der Waals surface area contributed by atoms with Crippen LogP contribution in [0, 0.1) is 6.92 Å². The Balaban J connectivity index is 1.63. The van der Waals surface area contributed by atoms with Gasteiger partial charge in [-0.25, -0.2) is 0 Å². The zero-order valence-corrected chi connectivity index (χ0v) is 14.5. The van der Waals surface area contributed by atoms with Crippen molar-refractivity contribution < 1.29 is 4.74 Å². The Bertz CT molecular complexity index is 584. The van der Waals surface area contributed by atoms with Gasteiger partial charge >= 0.3 is 0 Å². The monoisotopic (exact) mass is 359 g/mol. The van der Waals surface area contributed by atoms with Crippen LogP contribution in [-0.4, -0.2) is 30.7 Å². The highest BCUT2D eigenvalue weighted by atomic mass is 79.9. The van der Waals surface area contributed by atoms with Crippen LogP contribution in [0.2, 0.25) is 0 Å². The van der Waals surface area contributed by atoms with Crippen molar-refractivity contribution in [1.29, 1.82) is 0 Å². The number of aryl methyl sites for hydroxylation is 1. The molecule has 0 aromatic heterocycles. The lowest BCUT2D eigenvalue weighted by Crippen LogP contribution is -2.43. The van der Waals surface area contributed by atoms with Crippen molar-refractivity contribution in [1.82, 2.24) is 4.90 Å². The molecule has 3 heteroatoms. The van der Waals surface area contributed by atoms with Crippen molar-refractivity contribution >= 4 is 15.9 Å². The SMILES string of the molecule is Cc1ccc([C@@H](Br)[C@@H]2CN(Cc3ccccc3)CCO2)cc1. The van der Waals surface area contributed by atoms with E-state index in [0.717, 1.165) is 26.2 Å². The molecule has 0 radical (unpaired) electrons. The predicted octanol–water partition coefficient (Wildman–Crippen LogP) is 4.33. The fourth-order valence-electron chi connectivity index (χ4n) is 2.86. The third-order valence-corrected chi connectivity index (χ3v) is 5.27. The summed E-state index contributed by atoms with van der Waals surface area (Å²) in [6.07, 6.45) is 0.195. The standard InChI is InChI=1S/C19H22BrNO/c1-15-7-9-17(10-8-15)19(20)18-14-21(11-12-22-18)13-16-5-3-2-4-6-16/h2-10,18-19H,11-14H2,1H3/t18-,19+/m0/s1. The van der Waals surface area contributed by atoms with E-state index in [9.17, 15) is 0 Å². The van der Waals surface area contributed by atoms with Crippen LogP contribution >= 0.6 is 15.9 Å². The molecule has 1 aliphatic rings. The minimum Gasteiger partial charge on any atom is -0.374 e. The average Bonchev–Trinajstić information content (AvgIpc) is 2.56. The highest BCUT2D eigenvalue weighted by Crippen LogP contribution is 2.31. The van der Waals surface area contributed by atoms with Crippen molar-refractivity contribution in [3.8, 4) is 0 Å². The molecule has 1 saturated heterocycles. The maximum absolute atomic E-state index is 6.00. The van der Waals surface area contributed by atoms with E-state index in [1.807, 2.05) is 0 Å². The molecule has 3 rings (SSSR count). The van der Waals surface area contributed by atoms with Gasteiger partial charge in [-0.1, -0.05) is 76.1 Å². The van der Waals surface area contributed by atoms with Crippen LogP contribution in [0.25, 0.3) is 0 Å². The summed E-state index contributed by atoms with van der Waals surface area (Å²) in [5.74, 6) is 0. The molecule has 0 bridgehead atoms. The van der Waals surface area contributed by atoms with E-state index in [1.54, 1.807) is 0 Å². The van der Waals surface area contributed by atoms with Crippen LogP contribution in [0.3, 0.4) is 0 Å². The van der Waals surface area contributed by atoms with Crippen LogP contribution in [0.5, 0.6) is 0 Å². The summed E-state index contributed by atoms with van der Waals surface area (Å²) in [6, 6.07) is 19.4. The van der Waals surface area contributed by atoms with Gasteiger partial charge in [0.1, 0.15) is 0 Å². The molecular weight excluding hydrogens is 338 g/mol. The molecule has 0 saturated carbocycles. The highest BCUT2D eigenvalue weighted by Gasteiger charge is 2.27. The molecule has 2 aromatic carbocycles. The molecule has 0 spiro atoms. The lowest BCUT2D eigenvalue weighted by Gasteiger charge is -2.35. The van der Waals surface area contributed by atoms with Gasteiger partial charge in [0.05, 0.1) is 17.5 Å². The maximum Gasteiger partial charge on any atom is 0.0868 e. The molecule has 1 heterocycles. The Morgan fingerprint density at radius 3 is 2.59 bits per heavy atom. The van der Waals surface area contributed by atoms with E-state index in [-0.39, 0.29) is 10.9 Å². The number of morpholine rings is 1. The van der Waals surface area contributed by atoms with Crippen molar-refractivity contribution in [3.05, 3.63) is 71.3 Å². The van der Waals surface area contributed by atoms with Gasteiger partial charge < -0.3 is 4.74 Å². The molecule has 1 fully saturated rings. The lowest BCUT2D eigenvalue weighted by molar-refractivity contribution is -0.0310. The molecule has 2 aromatic rings. The number of benzene rings is 2. The molecule has 1 aliphatic heterocycles. The van der Waals surface area contributed by atoms with E-state index in [2.05, 4.69) is 82.4 Å². The molecule has 0 N–H and O–H groups in total. The quantitative estimate of drug-likeness (QED) is 0.753. The van der Waals surface area contributed by atoms with Gasteiger partial charge in [0.15, 0.2) is 0 Å². The number of halogens is 1. The lowest BCUT2D eigenvalue weighted by atomic mass is 10.0. The Hall–Kier alpha value is -1.16. The molecule has 2 atom stereocenters. The largest absolute Gasteiger partial charge is 0.374 e. The minimum atomic E-state index is 0.195. The number of hydrogen-bond donors (Lipinski definition) is 0. The number of rotatable bonds is 4. The molecule has 2 nitrogen and oxygen atoms in total. The fraction of sp³-hybridized carbons (Fsp3) is 0.368. The number of hydrogen-bond acceptors (Lipinski definition) is 2. The molecule has 0 unspecified atom stereocenters. The average molecular weight is 360 g/mol. The van der Waals surface area contributed by atoms with Crippen LogP contribution in [0.1, 0.15) is 21.5 Å². The third-order valence-electron chi connectivity index (χ3n) is 4.15. The zero-order valence-electron chi connectivity index (χ0n) is 12.9. The highest BCUT2D eigenvalue weighted by molar-refractivity contribution is 9.09. The van der Waals surface area contributed by atoms with E-state index < -0.39 is 0 Å². The summed E-state index contributed by atoms with van der Waals surface area (Å²) in [6.45, 7) is 5.86. The van der Waals surface area contributed by atoms with E-state index in [0.29, 0.717) is 0 Å². The van der Waals surface area contributed by atoms with Gasteiger partial charge in [0, 0.05) is 19.6 Å². The minimum absolute atomic E-state index is 0.195. The second-order valence-corrected chi connectivity index (χ2v) is 6.93. The Morgan fingerprint density at radius 1 is 1.14 bits per heavy atom. The second kappa shape index (κ2) is 7.40. The first-order valence-electron chi connectivity index (χ1n) is 7.81. The van der Waals surface area contributed by atoms with E-state index in [1.165, 1.54) is 16.7 Å². The number of nitrogens with zero attached hydrogens (tertiary/aromatic N) is 1. The first kappa shape index (κ1) is 15.7. The van der Waals surface area contributed by atoms with Gasteiger partial charge in [-0.2, -0.15) is 0 Å². The molecular formula is C19H22BrNO. The summed E-state index contributed by atoms with van der Waals surface area (Å²) >= 11 is 3.83. The van der Waals surface area contributed by atoms with E-state index >= 15 is 0 Å². The molecule has 0 amide bonds. The van der Waals surface area contributed by atoms with Gasteiger partial charge in [-0.05, 0) is 18.1 Å². The topological polar surface area (TPSA) is 12.5 Å². The fourth-order valence-corrected chi connectivity index (χ4v) is 3.48. The summed E-state index contributed by atoms with van der Waals surface area (Å²) in [5.41, 5.74) is 3.94. The summed E-state index contributed by atoms with van der Waals surface area (Å²) in [5, 5.41) is 0. The Kier molecular flexibility index (Phi) is 5.29. The van der Waals surface area contributed by atoms with Crippen LogP contribution in [-0.2, 0) is 11.3 Å². The van der Waals surface area contributed by atoms with E-state index in [4.69, 9.17) is 4.74 Å². The van der Waals surface area contributed by atoms with Crippen LogP contribution < -0.4 is 0 Å². The molecule has 22 heavy (non-hydrogen) atoms. The van der Waals surface area contributed by atoms with Gasteiger partial charge in [-0.3, -0.25) is 4.90 Å². The smallest absolute Gasteiger partial charge is 0.0868 e. The summed E-state index contributed by atoms with van der Waals surface area (Å²) in [7, 11) is 0. The first-order chi connectivity index (χ1) is 10.7.